The molecule has 5 nitrogen and oxygen atoms in total. The van der Waals surface area contributed by atoms with Crippen molar-refractivity contribution in [3.05, 3.63) is 28.5 Å². The van der Waals surface area contributed by atoms with E-state index in [1.165, 1.54) is 17.5 Å². The first kappa shape index (κ1) is 17.3. The van der Waals surface area contributed by atoms with Crippen molar-refractivity contribution in [1.82, 2.24) is 4.31 Å². The summed E-state index contributed by atoms with van der Waals surface area (Å²) in [5.74, 6) is -0.875. The second kappa shape index (κ2) is 7.33. The van der Waals surface area contributed by atoms with Crippen molar-refractivity contribution in [3.63, 3.8) is 0 Å². The fourth-order valence-electron chi connectivity index (χ4n) is 1.67. The molecule has 0 unspecified atom stereocenters. The third-order valence-electron chi connectivity index (χ3n) is 2.78. The standard InChI is InChI=1S/C12H17ClFNO4S/c1-3-15(4-5-19-2)20(17,18)10-6-9(8-16)12(13)11(14)7-10/h6-7,16H,3-5,8H2,1-2H3. The van der Waals surface area contributed by atoms with Gasteiger partial charge in [0, 0.05) is 25.8 Å². The summed E-state index contributed by atoms with van der Waals surface area (Å²) in [4.78, 5) is -0.235. The number of benzene rings is 1. The van der Waals surface area contributed by atoms with Crippen LogP contribution >= 0.6 is 11.6 Å². The highest BCUT2D eigenvalue weighted by Gasteiger charge is 2.25. The molecule has 0 atom stereocenters. The highest BCUT2D eigenvalue weighted by atomic mass is 35.5. The summed E-state index contributed by atoms with van der Waals surface area (Å²) in [6.45, 7) is 1.75. The Balaban J connectivity index is 3.23. The molecule has 0 saturated heterocycles. The van der Waals surface area contributed by atoms with Gasteiger partial charge < -0.3 is 9.84 Å². The van der Waals surface area contributed by atoms with Crippen LogP contribution in [0.5, 0.6) is 0 Å². The van der Waals surface area contributed by atoms with Crippen LogP contribution in [0.1, 0.15) is 12.5 Å². The van der Waals surface area contributed by atoms with E-state index in [9.17, 15) is 12.8 Å². The van der Waals surface area contributed by atoms with Gasteiger partial charge in [-0.25, -0.2) is 12.8 Å². The van der Waals surface area contributed by atoms with Gasteiger partial charge in [-0.3, -0.25) is 0 Å². The number of nitrogens with zero attached hydrogens (tertiary/aromatic N) is 1. The molecule has 0 aromatic heterocycles. The van der Waals surface area contributed by atoms with Crippen LogP contribution in [0.3, 0.4) is 0 Å². The lowest BCUT2D eigenvalue weighted by Crippen LogP contribution is -2.33. The van der Waals surface area contributed by atoms with Crippen molar-refractivity contribution in [1.29, 1.82) is 0 Å². The van der Waals surface area contributed by atoms with Crippen LogP contribution in [0, 0.1) is 5.82 Å². The van der Waals surface area contributed by atoms with E-state index in [-0.39, 0.29) is 35.2 Å². The number of rotatable bonds is 7. The molecule has 1 N–H and O–H groups in total. The first-order chi connectivity index (χ1) is 9.38. The molecule has 1 aromatic carbocycles. The van der Waals surface area contributed by atoms with E-state index in [1.807, 2.05) is 0 Å². The zero-order chi connectivity index (χ0) is 15.3. The van der Waals surface area contributed by atoms with Crippen molar-refractivity contribution in [3.8, 4) is 0 Å². The summed E-state index contributed by atoms with van der Waals surface area (Å²) in [5, 5.41) is 8.82. The van der Waals surface area contributed by atoms with E-state index in [0.29, 0.717) is 0 Å². The molecule has 0 spiro atoms. The average Bonchev–Trinajstić information content (AvgIpc) is 2.42. The predicted molar refractivity (Wildman–Crippen MR) is 73.6 cm³/mol. The van der Waals surface area contributed by atoms with Gasteiger partial charge in [0.1, 0.15) is 5.82 Å². The van der Waals surface area contributed by atoms with E-state index in [4.69, 9.17) is 21.4 Å². The lowest BCUT2D eigenvalue weighted by molar-refractivity contribution is 0.180. The van der Waals surface area contributed by atoms with Crippen molar-refractivity contribution in [2.24, 2.45) is 0 Å². The van der Waals surface area contributed by atoms with Gasteiger partial charge in [0.15, 0.2) is 0 Å². The maximum absolute atomic E-state index is 13.6. The maximum Gasteiger partial charge on any atom is 0.243 e. The van der Waals surface area contributed by atoms with Gasteiger partial charge >= 0.3 is 0 Å². The molecule has 0 bridgehead atoms. The number of hydrogen-bond donors (Lipinski definition) is 1. The Kier molecular flexibility index (Phi) is 6.35. The molecule has 114 valence electrons. The van der Waals surface area contributed by atoms with Gasteiger partial charge in [-0.2, -0.15) is 4.31 Å². The fraction of sp³-hybridized carbons (Fsp3) is 0.500. The third kappa shape index (κ3) is 3.67. The van der Waals surface area contributed by atoms with E-state index < -0.39 is 22.4 Å². The molecule has 20 heavy (non-hydrogen) atoms. The average molecular weight is 326 g/mol. The zero-order valence-electron chi connectivity index (χ0n) is 11.3. The van der Waals surface area contributed by atoms with Gasteiger partial charge in [0.05, 0.1) is 23.1 Å². The number of likely N-dealkylation sites (N-methyl/N-ethyl adjacent to an activating group) is 1. The summed E-state index contributed by atoms with van der Waals surface area (Å²) < 4.78 is 44.4. The second-order valence-electron chi connectivity index (χ2n) is 4.03. The largest absolute Gasteiger partial charge is 0.392 e. The number of sulfonamides is 1. The van der Waals surface area contributed by atoms with Crippen molar-refractivity contribution < 1.29 is 22.7 Å². The second-order valence-corrected chi connectivity index (χ2v) is 6.34. The molecule has 0 fully saturated rings. The third-order valence-corrected chi connectivity index (χ3v) is 5.16. The normalized spacial score (nSPS) is 12.1. The van der Waals surface area contributed by atoms with Crippen LogP contribution in [-0.2, 0) is 21.4 Å². The SMILES string of the molecule is CCN(CCOC)S(=O)(=O)c1cc(F)c(Cl)c(CO)c1. The summed E-state index contributed by atoms with van der Waals surface area (Å²) in [6, 6.07) is 2.03. The number of aliphatic hydroxyl groups excluding tert-OH is 1. The van der Waals surface area contributed by atoms with E-state index >= 15 is 0 Å². The summed E-state index contributed by atoms with van der Waals surface area (Å²) in [5.41, 5.74) is 0.0352. The number of aliphatic hydroxyl groups is 1. The lowest BCUT2D eigenvalue weighted by atomic mass is 10.2. The molecule has 0 heterocycles. The first-order valence-corrected chi connectivity index (χ1v) is 7.78. The first-order valence-electron chi connectivity index (χ1n) is 5.96. The van der Waals surface area contributed by atoms with Crippen LogP contribution in [0.25, 0.3) is 0 Å². The molecule has 1 rings (SSSR count). The number of methoxy groups -OCH3 is 1. The smallest absolute Gasteiger partial charge is 0.243 e. The molecule has 0 amide bonds. The van der Waals surface area contributed by atoms with Crippen molar-refractivity contribution in [2.45, 2.75) is 18.4 Å². The molecule has 0 aliphatic rings. The predicted octanol–water partition coefficient (Wildman–Crippen LogP) is 1.63. The van der Waals surface area contributed by atoms with Crippen molar-refractivity contribution >= 4 is 21.6 Å². The minimum Gasteiger partial charge on any atom is -0.392 e. The number of halogens is 2. The van der Waals surface area contributed by atoms with Crippen LogP contribution in [0.15, 0.2) is 17.0 Å². The molecular weight excluding hydrogens is 309 g/mol. The van der Waals surface area contributed by atoms with Gasteiger partial charge in [0.2, 0.25) is 10.0 Å². The minimum atomic E-state index is -3.85. The van der Waals surface area contributed by atoms with Crippen LogP contribution < -0.4 is 0 Å². The Bertz CT molecular complexity index is 565. The fourth-order valence-corrected chi connectivity index (χ4v) is 3.34. The molecule has 0 aliphatic carbocycles. The molecule has 0 aliphatic heterocycles. The van der Waals surface area contributed by atoms with Gasteiger partial charge in [0.25, 0.3) is 0 Å². The van der Waals surface area contributed by atoms with Crippen LogP contribution in [-0.4, -0.2) is 44.6 Å². The van der Waals surface area contributed by atoms with E-state index in [0.717, 1.165) is 6.07 Å². The summed E-state index contributed by atoms with van der Waals surface area (Å²) in [6.07, 6.45) is 0. The highest BCUT2D eigenvalue weighted by Crippen LogP contribution is 2.26. The minimum absolute atomic E-state index is 0.0352. The Hall–Kier alpha value is -0.730. The maximum atomic E-state index is 13.6. The number of hydrogen-bond acceptors (Lipinski definition) is 4. The molecule has 1 aromatic rings. The Labute approximate surface area is 123 Å². The Morgan fingerprint density at radius 1 is 1.45 bits per heavy atom. The molecule has 0 radical (unpaired) electrons. The van der Waals surface area contributed by atoms with Gasteiger partial charge in [-0.05, 0) is 12.1 Å². The number of ether oxygens (including phenoxy) is 1. The van der Waals surface area contributed by atoms with E-state index in [2.05, 4.69) is 0 Å². The van der Waals surface area contributed by atoms with E-state index in [1.54, 1.807) is 6.92 Å². The quantitative estimate of drug-likeness (QED) is 0.827. The Morgan fingerprint density at radius 2 is 2.10 bits per heavy atom. The van der Waals surface area contributed by atoms with Crippen molar-refractivity contribution in [2.75, 3.05) is 26.8 Å². The molecular formula is C12H17ClFNO4S. The molecule has 8 heteroatoms. The summed E-state index contributed by atoms with van der Waals surface area (Å²) in [7, 11) is -2.39. The van der Waals surface area contributed by atoms with Gasteiger partial charge in [-0.1, -0.05) is 18.5 Å². The summed E-state index contributed by atoms with van der Waals surface area (Å²) >= 11 is 5.65. The highest BCUT2D eigenvalue weighted by molar-refractivity contribution is 7.89. The Morgan fingerprint density at radius 3 is 2.60 bits per heavy atom. The molecule has 0 saturated carbocycles. The monoisotopic (exact) mass is 325 g/mol. The lowest BCUT2D eigenvalue weighted by Gasteiger charge is -2.20. The zero-order valence-corrected chi connectivity index (χ0v) is 12.8. The van der Waals surface area contributed by atoms with Gasteiger partial charge in [-0.15, -0.1) is 0 Å². The van der Waals surface area contributed by atoms with Crippen LogP contribution in [0.2, 0.25) is 5.02 Å². The topological polar surface area (TPSA) is 66.8 Å². The van der Waals surface area contributed by atoms with Crippen LogP contribution in [0.4, 0.5) is 4.39 Å².